The van der Waals surface area contributed by atoms with E-state index in [0.717, 1.165) is 4.31 Å². The fourth-order valence-corrected chi connectivity index (χ4v) is 3.92. The van der Waals surface area contributed by atoms with E-state index >= 15 is 0 Å². The molecule has 2 rings (SSSR count). The second-order valence-electron chi connectivity index (χ2n) is 4.78. The van der Waals surface area contributed by atoms with E-state index in [1.807, 2.05) is 6.92 Å². The predicted molar refractivity (Wildman–Crippen MR) is 79.2 cm³/mol. The molecule has 2 aromatic rings. The lowest BCUT2D eigenvalue weighted by molar-refractivity contribution is 0.567. The van der Waals surface area contributed by atoms with Gasteiger partial charge in [-0.25, -0.2) is 4.39 Å². The molecule has 0 saturated carbocycles. The maximum Gasteiger partial charge on any atom is 0.281 e. The highest BCUT2D eigenvalue weighted by molar-refractivity contribution is 7.92. The summed E-state index contributed by atoms with van der Waals surface area (Å²) in [5, 5.41) is 4.11. The van der Waals surface area contributed by atoms with Gasteiger partial charge in [0, 0.05) is 13.6 Å². The number of hydrogen-bond donors (Lipinski definition) is 0. The summed E-state index contributed by atoms with van der Waals surface area (Å²) < 4.78 is 42.0. The second-order valence-corrected chi connectivity index (χ2v) is 6.59. The normalized spacial score (nSPS) is 11.6. The van der Waals surface area contributed by atoms with Crippen molar-refractivity contribution in [3.8, 4) is 0 Å². The molecule has 0 aliphatic heterocycles. The molecule has 0 spiro atoms. The van der Waals surface area contributed by atoms with E-state index in [-0.39, 0.29) is 17.3 Å². The van der Waals surface area contributed by atoms with Crippen LogP contribution < -0.4 is 4.31 Å². The number of nitrogens with zero attached hydrogens (tertiary/aromatic N) is 3. The minimum atomic E-state index is -3.85. The average Bonchev–Trinajstić information content (AvgIpc) is 2.77. The zero-order valence-electron chi connectivity index (χ0n) is 12.2. The number of aryl methyl sites for hydroxylation is 2. The minimum absolute atomic E-state index is 0.0525. The van der Waals surface area contributed by atoms with Gasteiger partial charge >= 0.3 is 0 Å². The first-order valence-corrected chi connectivity index (χ1v) is 8.10. The van der Waals surface area contributed by atoms with Crippen molar-refractivity contribution in [3.63, 3.8) is 0 Å². The Labute approximate surface area is 124 Å². The Morgan fingerprint density at radius 1 is 1.33 bits per heavy atom. The van der Waals surface area contributed by atoms with Crippen LogP contribution >= 0.6 is 0 Å². The van der Waals surface area contributed by atoms with Crippen molar-refractivity contribution < 1.29 is 12.8 Å². The molecule has 0 fully saturated rings. The van der Waals surface area contributed by atoms with Gasteiger partial charge in [0.2, 0.25) is 0 Å². The van der Waals surface area contributed by atoms with Gasteiger partial charge in [-0.1, -0.05) is 19.1 Å². The van der Waals surface area contributed by atoms with Crippen LogP contribution in [0, 0.1) is 12.7 Å². The number of rotatable bonds is 5. The zero-order chi connectivity index (χ0) is 15.6. The van der Waals surface area contributed by atoms with Crippen molar-refractivity contribution in [1.82, 2.24) is 9.78 Å². The van der Waals surface area contributed by atoms with Gasteiger partial charge in [0.05, 0.1) is 11.4 Å². The fourth-order valence-electron chi connectivity index (χ4n) is 2.17. The van der Waals surface area contributed by atoms with Crippen LogP contribution in [0.15, 0.2) is 35.4 Å². The molecule has 0 unspecified atom stereocenters. The van der Waals surface area contributed by atoms with Crippen molar-refractivity contribution >= 4 is 15.7 Å². The number of benzene rings is 1. The largest absolute Gasteiger partial charge is 0.281 e. The smallest absolute Gasteiger partial charge is 0.262 e. The van der Waals surface area contributed by atoms with Gasteiger partial charge in [-0.2, -0.15) is 13.5 Å². The van der Waals surface area contributed by atoms with Gasteiger partial charge in [0.25, 0.3) is 10.0 Å². The number of anilines is 1. The molecule has 1 aromatic heterocycles. The molecule has 0 saturated heterocycles. The molecule has 114 valence electrons. The zero-order valence-corrected chi connectivity index (χ0v) is 13.1. The van der Waals surface area contributed by atoms with E-state index in [2.05, 4.69) is 5.10 Å². The van der Waals surface area contributed by atoms with Gasteiger partial charge in [-0.3, -0.25) is 8.99 Å². The Kier molecular flexibility index (Phi) is 4.32. The highest BCUT2D eigenvalue weighted by Gasteiger charge is 2.29. The summed E-state index contributed by atoms with van der Waals surface area (Å²) in [6.07, 6.45) is 0.574. The van der Waals surface area contributed by atoms with E-state index in [0.29, 0.717) is 12.1 Å². The summed E-state index contributed by atoms with van der Waals surface area (Å²) >= 11 is 0. The third kappa shape index (κ3) is 2.92. The molecule has 5 nitrogen and oxygen atoms in total. The van der Waals surface area contributed by atoms with Gasteiger partial charge in [-0.05, 0) is 31.5 Å². The fraction of sp³-hybridized carbons (Fsp3) is 0.357. The monoisotopic (exact) mass is 311 g/mol. The first kappa shape index (κ1) is 15.5. The van der Waals surface area contributed by atoms with Gasteiger partial charge in [0.15, 0.2) is 5.03 Å². The predicted octanol–water partition coefficient (Wildman–Crippen LogP) is 2.47. The van der Waals surface area contributed by atoms with Gasteiger partial charge in [0.1, 0.15) is 5.82 Å². The Hall–Kier alpha value is -1.89. The summed E-state index contributed by atoms with van der Waals surface area (Å²) in [6.45, 7) is 3.76. The van der Waals surface area contributed by atoms with Crippen LogP contribution in [0.2, 0.25) is 0 Å². The molecule has 1 heterocycles. The summed E-state index contributed by atoms with van der Waals surface area (Å²) in [5.41, 5.74) is 0.652. The Morgan fingerprint density at radius 3 is 2.52 bits per heavy atom. The van der Waals surface area contributed by atoms with E-state index in [1.165, 1.54) is 28.9 Å². The molecule has 0 aliphatic carbocycles. The lowest BCUT2D eigenvalue weighted by atomic mass is 10.3. The van der Waals surface area contributed by atoms with Crippen LogP contribution in [0.25, 0.3) is 0 Å². The third-order valence-corrected chi connectivity index (χ3v) is 4.93. The Morgan fingerprint density at radius 2 is 2.00 bits per heavy atom. The van der Waals surface area contributed by atoms with Crippen LogP contribution in [0.3, 0.4) is 0 Å². The first-order valence-electron chi connectivity index (χ1n) is 6.66. The molecule has 7 heteroatoms. The maximum absolute atomic E-state index is 14.0. The molecular weight excluding hydrogens is 293 g/mol. The maximum atomic E-state index is 14.0. The highest BCUT2D eigenvalue weighted by atomic mass is 32.2. The number of sulfonamides is 1. The van der Waals surface area contributed by atoms with Crippen molar-refractivity contribution in [2.24, 2.45) is 7.05 Å². The molecule has 0 bridgehead atoms. The third-order valence-electron chi connectivity index (χ3n) is 3.06. The highest BCUT2D eigenvalue weighted by Crippen LogP contribution is 2.26. The van der Waals surface area contributed by atoms with Crippen LogP contribution in [-0.4, -0.2) is 24.7 Å². The first-order chi connectivity index (χ1) is 9.87. The van der Waals surface area contributed by atoms with Crippen LogP contribution in [0.4, 0.5) is 10.1 Å². The van der Waals surface area contributed by atoms with Crippen LogP contribution in [0.1, 0.15) is 19.0 Å². The number of para-hydroxylation sites is 1. The van der Waals surface area contributed by atoms with E-state index in [9.17, 15) is 12.8 Å². The molecule has 1 aromatic carbocycles. The second kappa shape index (κ2) is 5.85. The standard InChI is InChI=1S/C14H18FN3O2S/c1-4-9-18(13-8-6-5-7-12(13)15)21(19,20)14-10-11(2)16-17(14)3/h5-8,10H,4,9H2,1-3H3. The number of aromatic nitrogens is 2. The lowest BCUT2D eigenvalue weighted by Crippen LogP contribution is -2.33. The van der Waals surface area contributed by atoms with Gasteiger partial charge < -0.3 is 0 Å². The van der Waals surface area contributed by atoms with Gasteiger partial charge in [-0.15, -0.1) is 0 Å². The molecule has 0 N–H and O–H groups in total. The van der Waals surface area contributed by atoms with Crippen molar-refractivity contribution in [1.29, 1.82) is 0 Å². The van der Waals surface area contributed by atoms with E-state index in [1.54, 1.807) is 20.0 Å². The van der Waals surface area contributed by atoms with Crippen molar-refractivity contribution in [2.75, 3.05) is 10.8 Å². The van der Waals surface area contributed by atoms with Crippen LogP contribution in [0.5, 0.6) is 0 Å². The minimum Gasteiger partial charge on any atom is -0.262 e. The Balaban J connectivity index is 2.57. The number of halogens is 1. The summed E-state index contributed by atoms with van der Waals surface area (Å²) in [5.74, 6) is -0.562. The van der Waals surface area contributed by atoms with E-state index < -0.39 is 15.8 Å². The van der Waals surface area contributed by atoms with E-state index in [4.69, 9.17) is 0 Å². The molecule has 21 heavy (non-hydrogen) atoms. The molecule has 0 aliphatic rings. The van der Waals surface area contributed by atoms with Crippen molar-refractivity contribution in [3.05, 3.63) is 41.8 Å². The summed E-state index contributed by atoms with van der Waals surface area (Å²) in [7, 11) is -2.29. The average molecular weight is 311 g/mol. The lowest BCUT2D eigenvalue weighted by Gasteiger charge is -2.24. The summed E-state index contributed by atoms with van der Waals surface area (Å²) in [4.78, 5) is 0. The molecule has 0 radical (unpaired) electrons. The SMILES string of the molecule is CCCN(c1ccccc1F)S(=O)(=O)c1cc(C)nn1C. The molecular formula is C14H18FN3O2S. The summed E-state index contributed by atoms with van der Waals surface area (Å²) in [6, 6.07) is 7.35. The molecule has 0 amide bonds. The quantitative estimate of drug-likeness (QED) is 0.852. The van der Waals surface area contributed by atoms with Crippen molar-refractivity contribution in [2.45, 2.75) is 25.3 Å². The molecule has 0 atom stereocenters. The Bertz CT molecular complexity index is 740. The number of hydrogen-bond acceptors (Lipinski definition) is 3. The van der Waals surface area contributed by atoms with Crippen LogP contribution in [-0.2, 0) is 17.1 Å². The topological polar surface area (TPSA) is 55.2 Å².